The molecule has 2 aliphatic rings. The number of thioether (sulfide) groups is 1. The van der Waals surface area contributed by atoms with Crippen LogP contribution in [0.2, 0.25) is 0 Å². The molecule has 1 saturated heterocycles. The summed E-state index contributed by atoms with van der Waals surface area (Å²) in [6.45, 7) is 3.66. The number of thiocarbonyl (C=S) groups is 1. The average Bonchev–Trinajstić information content (AvgIpc) is 3.10. The third-order valence-electron chi connectivity index (χ3n) is 3.82. The number of fused-ring (bicyclic) bond motifs is 1. The summed E-state index contributed by atoms with van der Waals surface area (Å²) in [6.07, 6.45) is 3.57. The number of carbonyl (C=O) groups excluding carboxylic acids is 2. The van der Waals surface area contributed by atoms with Crippen molar-refractivity contribution in [3.63, 3.8) is 0 Å². The Kier molecular flexibility index (Phi) is 6.24. The number of carboxylic acids is 1. The molecule has 1 N–H and O–H groups in total. The predicted octanol–water partition coefficient (Wildman–Crippen LogP) is 1.45. The number of nitrogens with zero attached hydrogens (tertiary/aromatic N) is 2. The van der Waals surface area contributed by atoms with Crippen LogP contribution in [0.3, 0.4) is 0 Å². The molecule has 10 heteroatoms. The van der Waals surface area contributed by atoms with Crippen molar-refractivity contribution in [2.45, 2.75) is 13.8 Å². The standard InChI is InChI=1S/C18H16N2O5S2Se/c1-3-19-12-8-11(25-10(2)21)4-6-14(12)28-15(19)7-5-13-17(24)20(9-16(22)23)18(26)27-13/h4-8H,3,9H2,1-2H3,(H,22,23)/b13-5+,15-7-. The van der Waals surface area contributed by atoms with Crippen LogP contribution >= 0.6 is 24.0 Å². The van der Waals surface area contributed by atoms with Gasteiger partial charge in [0.15, 0.2) is 0 Å². The number of esters is 1. The summed E-state index contributed by atoms with van der Waals surface area (Å²) in [7, 11) is 0. The molecular weight excluding hydrogens is 467 g/mol. The summed E-state index contributed by atoms with van der Waals surface area (Å²) in [5, 5.41) is 8.91. The fraction of sp³-hybridized carbons (Fsp3) is 0.222. The fourth-order valence-electron chi connectivity index (χ4n) is 2.69. The van der Waals surface area contributed by atoms with Gasteiger partial charge in [0, 0.05) is 0 Å². The molecule has 0 aromatic heterocycles. The van der Waals surface area contributed by atoms with E-state index in [2.05, 4.69) is 4.90 Å². The van der Waals surface area contributed by atoms with E-state index in [4.69, 9.17) is 22.1 Å². The maximum atomic E-state index is 12.4. The first-order chi connectivity index (χ1) is 13.3. The maximum absolute atomic E-state index is 12.4. The van der Waals surface area contributed by atoms with Gasteiger partial charge in [-0.25, -0.2) is 0 Å². The van der Waals surface area contributed by atoms with Crippen LogP contribution in [-0.4, -0.2) is 60.2 Å². The molecule has 0 saturated carbocycles. The van der Waals surface area contributed by atoms with Crippen LogP contribution in [0.5, 0.6) is 5.75 Å². The third kappa shape index (κ3) is 4.30. The number of allylic oxidation sites excluding steroid dienone is 2. The third-order valence-corrected chi connectivity index (χ3v) is 7.59. The van der Waals surface area contributed by atoms with E-state index in [1.807, 2.05) is 25.1 Å². The number of hydrogen-bond donors (Lipinski definition) is 1. The van der Waals surface area contributed by atoms with E-state index in [-0.39, 0.29) is 25.2 Å². The zero-order chi connectivity index (χ0) is 20.4. The Morgan fingerprint density at radius 2 is 2.07 bits per heavy atom. The molecule has 1 aromatic rings. The zero-order valence-corrected chi connectivity index (χ0v) is 18.3. The molecule has 2 heterocycles. The van der Waals surface area contributed by atoms with Crippen LogP contribution in [0, 0.1) is 0 Å². The molecule has 1 aromatic carbocycles. The molecule has 0 spiro atoms. The monoisotopic (exact) mass is 484 g/mol. The number of amides is 1. The molecule has 3 rings (SSSR count). The van der Waals surface area contributed by atoms with Crippen LogP contribution < -0.4 is 14.1 Å². The summed E-state index contributed by atoms with van der Waals surface area (Å²) in [5.74, 6) is -1.37. The van der Waals surface area contributed by atoms with Gasteiger partial charge in [0.05, 0.1) is 0 Å². The van der Waals surface area contributed by atoms with Gasteiger partial charge >= 0.3 is 178 Å². The van der Waals surface area contributed by atoms with Crippen LogP contribution in [0.25, 0.3) is 0 Å². The number of carbonyl (C=O) groups is 3. The number of aliphatic carboxylic acids is 1. The first-order valence-corrected chi connectivity index (χ1v) is 11.2. The van der Waals surface area contributed by atoms with Crippen molar-refractivity contribution in [3.8, 4) is 5.75 Å². The van der Waals surface area contributed by atoms with E-state index in [0.29, 0.717) is 10.7 Å². The quantitative estimate of drug-likeness (QED) is 0.222. The van der Waals surface area contributed by atoms with Gasteiger partial charge in [0.1, 0.15) is 0 Å². The SMILES string of the molecule is CCN1/C(=C/C=C2/SC(=S)N(CC(=O)O)C2=O)[Se]c2ccc(OC(C)=O)cc21. The predicted molar refractivity (Wildman–Crippen MR) is 112 cm³/mol. The fourth-order valence-corrected chi connectivity index (χ4v) is 6.22. The van der Waals surface area contributed by atoms with Gasteiger partial charge < -0.3 is 0 Å². The van der Waals surface area contributed by atoms with Gasteiger partial charge in [0.25, 0.3) is 0 Å². The van der Waals surface area contributed by atoms with Crippen LogP contribution in [-0.2, 0) is 14.4 Å². The molecule has 2 aliphatic heterocycles. The van der Waals surface area contributed by atoms with Crippen LogP contribution in [0.1, 0.15) is 13.8 Å². The summed E-state index contributed by atoms with van der Waals surface area (Å²) in [5.41, 5.74) is 0.985. The Hall–Kier alpha value is -2.13. The van der Waals surface area contributed by atoms with Crippen molar-refractivity contribution in [1.29, 1.82) is 0 Å². The van der Waals surface area contributed by atoms with E-state index < -0.39 is 18.4 Å². The molecule has 0 atom stereocenters. The van der Waals surface area contributed by atoms with Gasteiger partial charge in [-0.3, -0.25) is 0 Å². The molecule has 0 bridgehead atoms. The summed E-state index contributed by atoms with van der Waals surface area (Å²) >= 11 is 6.24. The second-order valence-electron chi connectivity index (χ2n) is 5.76. The Balaban J connectivity index is 1.84. The van der Waals surface area contributed by atoms with Gasteiger partial charge in [-0.15, -0.1) is 0 Å². The van der Waals surface area contributed by atoms with E-state index in [1.54, 1.807) is 12.1 Å². The number of hydrogen-bond acceptors (Lipinski definition) is 7. The first-order valence-electron chi connectivity index (χ1n) is 8.25. The number of benzene rings is 1. The molecular formula is C18H16N2O5S2Se. The molecule has 0 radical (unpaired) electrons. The van der Waals surface area contributed by atoms with Gasteiger partial charge in [-0.05, 0) is 0 Å². The molecule has 1 fully saturated rings. The molecule has 1 amide bonds. The minimum absolute atomic E-state index is 0.0325. The number of anilines is 1. The van der Waals surface area contributed by atoms with Gasteiger partial charge in [-0.2, -0.15) is 0 Å². The second kappa shape index (κ2) is 8.48. The zero-order valence-electron chi connectivity index (χ0n) is 15.0. The molecule has 146 valence electrons. The van der Waals surface area contributed by atoms with Crippen molar-refractivity contribution in [3.05, 3.63) is 39.9 Å². The van der Waals surface area contributed by atoms with Crippen LogP contribution in [0.15, 0.2) is 39.9 Å². The summed E-state index contributed by atoms with van der Waals surface area (Å²) < 4.78 is 7.62. The average molecular weight is 483 g/mol. The first kappa shape index (κ1) is 20.6. The number of carboxylic acid groups (broad SMARTS) is 1. The summed E-state index contributed by atoms with van der Waals surface area (Å²) in [4.78, 5) is 38.1. The Morgan fingerprint density at radius 3 is 2.71 bits per heavy atom. The van der Waals surface area contributed by atoms with E-state index in [0.717, 1.165) is 38.0 Å². The molecule has 0 unspecified atom stereocenters. The van der Waals surface area contributed by atoms with Crippen molar-refractivity contribution >= 4 is 71.3 Å². The van der Waals surface area contributed by atoms with E-state index in [1.165, 1.54) is 6.92 Å². The number of ether oxygens (including phenoxy) is 1. The second-order valence-corrected chi connectivity index (χ2v) is 9.66. The topological polar surface area (TPSA) is 87.2 Å². The Labute approximate surface area is 177 Å². The van der Waals surface area contributed by atoms with Gasteiger partial charge in [0.2, 0.25) is 0 Å². The molecule has 7 nitrogen and oxygen atoms in total. The Bertz CT molecular complexity index is 944. The van der Waals surface area contributed by atoms with Gasteiger partial charge in [-0.1, -0.05) is 0 Å². The van der Waals surface area contributed by atoms with Crippen molar-refractivity contribution in [2.24, 2.45) is 0 Å². The minimum atomic E-state index is -1.11. The number of rotatable bonds is 5. The summed E-state index contributed by atoms with van der Waals surface area (Å²) in [6, 6.07) is 5.56. The van der Waals surface area contributed by atoms with Crippen molar-refractivity contribution in [1.82, 2.24) is 4.90 Å². The van der Waals surface area contributed by atoms with Crippen molar-refractivity contribution in [2.75, 3.05) is 18.0 Å². The molecule has 28 heavy (non-hydrogen) atoms. The van der Waals surface area contributed by atoms with Crippen LogP contribution in [0.4, 0.5) is 5.69 Å². The Morgan fingerprint density at radius 1 is 1.32 bits per heavy atom. The van der Waals surface area contributed by atoms with E-state index >= 15 is 0 Å². The normalized spacial score (nSPS) is 18.9. The molecule has 0 aliphatic carbocycles. The van der Waals surface area contributed by atoms with Crippen molar-refractivity contribution < 1.29 is 24.2 Å². The van der Waals surface area contributed by atoms with E-state index in [9.17, 15) is 14.4 Å².